The van der Waals surface area contributed by atoms with Crippen LogP contribution < -0.4 is 10.1 Å². The Morgan fingerprint density at radius 1 is 1.19 bits per heavy atom. The van der Waals surface area contributed by atoms with Crippen molar-refractivity contribution in [1.82, 2.24) is 29.5 Å². The number of imidazole rings is 1. The van der Waals surface area contributed by atoms with E-state index >= 15 is 0 Å². The average Bonchev–Trinajstić information content (AvgIpc) is 3.36. The molecule has 1 unspecified atom stereocenters. The van der Waals surface area contributed by atoms with Crippen LogP contribution in [0.25, 0.3) is 5.65 Å². The third-order valence-corrected chi connectivity index (χ3v) is 5.76. The third-order valence-electron chi connectivity index (χ3n) is 5.76. The minimum atomic E-state index is -0.357. The second-order valence-corrected chi connectivity index (χ2v) is 7.99. The number of nitrogens with zero attached hydrogens (tertiary/aromatic N) is 5. The number of fused-ring (bicyclic) bond motifs is 1. The van der Waals surface area contributed by atoms with Gasteiger partial charge >= 0.3 is 0 Å². The fourth-order valence-corrected chi connectivity index (χ4v) is 4.02. The second-order valence-electron chi connectivity index (χ2n) is 7.99. The zero-order valence-electron chi connectivity index (χ0n) is 19.1. The molecule has 0 aliphatic heterocycles. The highest BCUT2D eigenvalue weighted by molar-refractivity contribution is 5.77. The number of carbonyl (C=O) groups is 1. The van der Waals surface area contributed by atoms with Gasteiger partial charge in [-0.2, -0.15) is 5.10 Å². The van der Waals surface area contributed by atoms with E-state index in [0.717, 1.165) is 45.4 Å². The molecule has 0 bridgehead atoms. The van der Waals surface area contributed by atoms with Gasteiger partial charge in [0.1, 0.15) is 17.6 Å². The molecule has 1 atom stereocenters. The van der Waals surface area contributed by atoms with Gasteiger partial charge in [0.15, 0.2) is 5.65 Å². The molecule has 0 spiro atoms. The molecule has 3 heterocycles. The zero-order chi connectivity index (χ0) is 22.8. The SMILES string of the molecule is COc1ccc(C(NC(=O)CCc2c(C)nc3cc(C)nn3c2C)c2nccn2C)cc1. The lowest BCUT2D eigenvalue weighted by molar-refractivity contribution is -0.121. The van der Waals surface area contributed by atoms with Crippen LogP contribution >= 0.6 is 0 Å². The van der Waals surface area contributed by atoms with Crippen LogP contribution in [-0.4, -0.2) is 37.2 Å². The third kappa shape index (κ3) is 4.21. The number of amides is 1. The molecule has 0 saturated heterocycles. The lowest BCUT2D eigenvalue weighted by Gasteiger charge is -2.20. The highest BCUT2D eigenvalue weighted by atomic mass is 16.5. The summed E-state index contributed by atoms with van der Waals surface area (Å²) >= 11 is 0. The van der Waals surface area contributed by atoms with Gasteiger partial charge in [0.25, 0.3) is 0 Å². The van der Waals surface area contributed by atoms with E-state index in [0.29, 0.717) is 12.8 Å². The van der Waals surface area contributed by atoms with Gasteiger partial charge in [-0.05, 0) is 50.5 Å². The van der Waals surface area contributed by atoms with Gasteiger partial charge in [-0.15, -0.1) is 0 Å². The first-order chi connectivity index (χ1) is 15.4. The number of hydrogen-bond acceptors (Lipinski definition) is 5. The summed E-state index contributed by atoms with van der Waals surface area (Å²) in [5.74, 6) is 1.48. The molecule has 8 nitrogen and oxygen atoms in total. The Kier molecular flexibility index (Phi) is 5.94. The Labute approximate surface area is 187 Å². The number of hydrogen-bond donors (Lipinski definition) is 1. The van der Waals surface area contributed by atoms with E-state index in [1.807, 2.05) is 73.4 Å². The van der Waals surface area contributed by atoms with Crippen molar-refractivity contribution in [2.45, 2.75) is 39.7 Å². The van der Waals surface area contributed by atoms with Crippen LogP contribution in [0.15, 0.2) is 42.7 Å². The van der Waals surface area contributed by atoms with Crippen molar-refractivity contribution in [3.63, 3.8) is 0 Å². The van der Waals surface area contributed by atoms with Gasteiger partial charge in [-0.1, -0.05) is 12.1 Å². The van der Waals surface area contributed by atoms with E-state index in [1.54, 1.807) is 13.3 Å². The Morgan fingerprint density at radius 3 is 2.59 bits per heavy atom. The van der Waals surface area contributed by atoms with Crippen LogP contribution in [0.4, 0.5) is 0 Å². The van der Waals surface area contributed by atoms with Crippen molar-refractivity contribution >= 4 is 11.6 Å². The Bertz CT molecular complexity index is 1260. The second kappa shape index (κ2) is 8.82. The Morgan fingerprint density at radius 2 is 1.94 bits per heavy atom. The normalized spacial score (nSPS) is 12.2. The highest BCUT2D eigenvalue weighted by Gasteiger charge is 2.21. The molecule has 0 aliphatic carbocycles. The van der Waals surface area contributed by atoms with Crippen molar-refractivity contribution < 1.29 is 9.53 Å². The van der Waals surface area contributed by atoms with Crippen LogP contribution in [0.2, 0.25) is 0 Å². The molecular formula is C24H28N6O2. The predicted molar refractivity (Wildman–Crippen MR) is 122 cm³/mol. The average molecular weight is 433 g/mol. The first-order valence-corrected chi connectivity index (χ1v) is 10.6. The smallest absolute Gasteiger partial charge is 0.221 e. The quantitative estimate of drug-likeness (QED) is 0.485. The number of rotatable bonds is 7. The Balaban J connectivity index is 1.54. The fourth-order valence-electron chi connectivity index (χ4n) is 4.02. The molecule has 0 radical (unpaired) electrons. The monoisotopic (exact) mass is 432 g/mol. The minimum Gasteiger partial charge on any atom is -0.497 e. The van der Waals surface area contributed by atoms with Crippen molar-refractivity contribution in [2.75, 3.05) is 7.11 Å². The number of aryl methyl sites for hydroxylation is 4. The highest BCUT2D eigenvalue weighted by Crippen LogP contribution is 2.24. The number of ether oxygens (including phenoxy) is 1. The zero-order valence-corrected chi connectivity index (χ0v) is 19.1. The van der Waals surface area contributed by atoms with Crippen LogP contribution in [-0.2, 0) is 18.3 Å². The molecule has 0 saturated carbocycles. The van der Waals surface area contributed by atoms with Crippen LogP contribution in [0, 0.1) is 20.8 Å². The number of aromatic nitrogens is 5. The van der Waals surface area contributed by atoms with Gasteiger partial charge in [0.2, 0.25) is 5.91 Å². The van der Waals surface area contributed by atoms with Gasteiger partial charge < -0.3 is 14.6 Å². The predicted octanol–water partition coefficient (Wildman–Crippen LogP) is 3.24. The van der Waals surface area contributed by atoms with Crippen LogP contribution in [0.3, 0.4) is 0 Å². The lowest BCUT2D eigenvalue weighted by Crippen LogP contribution is -2.31. The van der Waals surface area contributed by atoms with Crippen molar-refractivity contribution in [1.29, 1.82) is 0 Å². The Hall–Kier alpha value is -3.68. The molecule has 1 amide bonds. The van der Waals surface area contributed by atoms with E-state index in [2.05, 4.69) is 20.4 Å². The lowest BCUT2D eigenvalue weighted by atomic mass is 10.0. The maximum atomic E-state index is 13.0. The summed E-state index contributed by atoms with van der Waals surface area (Å²) in [5, 5.41) is 7.68. The summed E-state index contributed by atoms with van der Waals surface area (Å²) in [4.78, 5) is 22.1. The summed E-state index contributed by atoms with van der Waals surface area (Å²) in [6, 6.07) is 9.27. The topological polar surface area (TPSA) is 86.3 Å². The first-order valence-electron chi connectivity index (χ1n) is 10.6. The maximum Gasteiger partial charge on any atom is 0.221 e. The van der Waals surface area contributed by atoms with E-state index in [9.17, 15) is 4.79 Å². The van der Waals surface area contributed by atoms with E-state index in [-0.39, 0.29) is 11.9 Å². The molecular weight excluding hydrogens is 404 g/mol. The molecule has 0 fully saturated rings. The molecule has 8 heteroatoms. The van der Waals surface area contributed by atoms with Crippen LogP contribution in [0.1, 0.15) is 46.5 Å². The largest absolute Gasteiger partial charge is 0.497 e. The van der Waals surface area contributed by atoms with E-state index < -0.39 is 0 Å². The van der Waals surface area contributed by atoms with E-state index in [4.69, 9.17) is 4.74 Å². The molecule has 3 aromatic heterocycles. The number of carbonyl (C=O) groups excluding carboxylic acids is 1. The van der Waals surface area contributed by atoms with Crippen LogP contribution in [0.5, 0.6) is 5.75 Å². The molecule has 166 valence electrons. The number of benzene rings is 1. The molecule has 4 rings (SSSR count). The minimum absolute atomic E-state index is 0.0515. The maximum absolute atomic E-state index is 13.0. The van der Waals surface area contributed by atoms with Gasteiger partial charge in [-0.3, -0.25) is 4.79 Å². The van der Waals surface area contributed by atoms with Crippen molar-refractivity contribution in [3.05, 3.63) is 76.8 Å². The van der Waals surface area contributed by atoms with Gasteiger partial charge in [0.05, 0.1) is 12.8 Å². The molecule has 4 aromatic rings. The number of nitrogens with one attached hydrogen (secondary N) is 1. The molecule has 1 aromatic carbocycles. The summed E-state index contributed by atoms with van der Waals surface area (Å²) in [6.07, 6.45) is 4.53. The molecule has 0 aliphatic rings. The fraction of sp³-hybridized carbons (Fsp3) is 0.333. The van der Waals surface area contributed by atoms with Gasteiger partial charge in [0, 0.05) is 43.3 Å². The molecule has 1 N–H and O–H groups in total. The van der Waals surface area contributed by atoms with E-state index in [1.165, 1.54) is 0 Å². The summed E-state index contributed by atoms with van der Waals surface area (Å²) in [5.41, 5.74) is 5.69. The summed E-state index contributed by atoms with van der Waals surface area (Å²) in [7, 11) is 3.55. The standard InChI is InChI=1S/C24H28N6O2/c1-15-14-21-26-16(2)20(17(3)30(21)28-15)10-11-22(31)27-23(24-25-12-13-29(24)4)18-6-8-19(32-5)9-7-18/h6-9,12-14,23H,10-11H2,1-5H3,(H,27,31). The first kappa shape index (κ1) is 21.5. The molecule has 32 heavy (non-hydrogen) atoms. The van der Waals surface area contributed by atoms with Gasteiger partial charge in [-0.25, -0.2) is 14.5 Å². The van der Waals surface area contributed by atoms with Crippen molar-refractivity contribution in [2.24, 2.45) is 7.05 Å². The summed E-state index contributed by atoms with van der Waals surface area (Å²) in [6.45, 7) is 5.96. The number of methoxy groups -OCH3 is 1. The van der Waals surface area contributed by atoms with Crippen molar-refractivity contribution in [3.8, 4) is 5.75 Å². The summed E-state index contributed by atoms with van der Waals surface area (Å²) < 4.78 is 9.03.